The van der Waals surface area contributed by atoms with Gasteiger partial charge in [-0.15, -0.1) is 22.7 Å². The quantitative estimate of drug-likeness (QED) is 0.740. The van der Waals surface area contributed by atoms with E-state index in [4.69, 9.17) is 0 Å². The predicted octanol–water partition coefficient (Wildman–Crippen LogP) is 3.47. The molecule has 0 bridgehead atoms. The van der Waals surface area contributed by atoms with Gasteiger partial charge < -0.3 is 0 Å². The van der Waals surface area contributed by atoms with Crippen LogP contribution in [0, 0.1) is 6.92 Å². The Morgan fingerprint density at radius 3 is 2.86 bits per heavy atom. The Kier molecular flexibility index (Phi) is 3.73. The second kappa shape index (κ2) is 5.54. The average molecular weight is 318 g/mol. The largest absolute Gasteiger partial charge is 0.300 e. The molecule has 0 saturated heterocycles. The molecule has 21 heavy (non-hydrogen) atoms. The molecule has 3 rings (SSSR count). The van der Waals surface area contributed by atoms with Crippen LogP contribution < -0.4 is 5.56 Å². The van der Waals surface area contributed by atoms with E-state index in [1.807, 2.05) is 24.4 Å². The van der Waals surface area contributed by atoms with Gasteiger partial charge in [-0.1, -0.05) is 0 Å². The zero-order valence-corrected chi connectivity index (χ0v) is 13.4. The summed E-state index contributed by atoms with van der Waals surface area (Å²) in [4.78, 5) is 31.1. The van der Waals surface area contributed by atoms with Crippen molar-refractivity contribution in [1.82, 2.24) is 9.55 Å². The van der Waals surface area contributed by atoms with Gasteiger partial charge in [-0.2, -0.15) is 0 Å². The molecule has 0 aliphatic rings. The lowest BCUT2D eigenvalue weighted by atomic mass is 10.2. The number of rotatable bonds is 4. The van der Waals surface area contributed by atoms with Gasteiger partial charge in [-0.05, 0) is 26.0 Å². The van der Waals surface area contributed by atoms with Crippen molar-refractivity contribution in [2.24, 2.45) is 0 Å². The summed E-state index contributed by atoms with van der Waals surface area (Å²) in [5.74, 6) is 0.0708. The first-order chi connectivity index (χ1) is 10.1. The molecule has 0 fully saturated rings. The van der Waals surface area contributed by atoms with Crippen LogP contribution in [0.3, 0.4) is 0 Å². The van der Waals surface area contributed by atoms with Crippen LogP contribution in [0.25, 0.3) is 20.7 Å². The maximum atomic E-state index is 12.6. The summed E-state index contributed by atoms with van der Waals surface area (Å²) in [5.41, 5.74) is 0.881. The van der Waals surface area contributed by atoms with Crippen molar-refractivity contribution in [2.75, 3.05) is 0 Å². The number of nitrogens with zero attached hydrogens (tertiary/aromatic N) is 2. The molecule has 0 unspecified atom stereocenters. The van der Waals surface area contributed by atoms with Gasteiger partial charge in [0.15, 0.2) is 0 Å². The Morgan fingerprint density at radius 2 is 2.19 bits per heavy atom. The highest BCUT2D eigenvalue weighted by Crippen LogP contribution is 2.34. The molecule has 4 nitrogen and oxygen atoms in total. The summed E-state index contributed by atoms with van der Waals surface area (Å²) < 4.78 is 1.53. The normalized spacial score (nSPS) is 11.1. The highest BCUT2D eigenvalue weighted by Gasteiger charge is 2.14. The molecule has 0 spiro atoms. The van der Waals surface area contributed by atoms with Crippen molar-refractivity contribution in [3.63, 3.8) is 0 Å². The average Bonchev–Trinajstić information content (AvgIpc) is 3.04. The topological polar surface area (TPSA) is 52.0 Å². The molecular weight excluding hydrogens is 304 g/mol. The first-order valence-corrected chi connectivity index (χ1v) is 8.29. The van der Waals surface area contributed by atoms with Gasteiger partial charge in [-0.25, -0.2) is 4.98 Å². The van der Waals surface area contributed by atoms with Gasteiger partial charge in [0.2, 0.25) is 0 Å². The van der Waals surface area contributed by atoms with Gasteiger partial charge in [0.05, 0.1) is 11.7 Å². The standard InChI is InChI=1S/C15H14N2O2S2/c1-9(18)5-6-17-8-16-14-13(15(17)19)11(7-20-14)12-4-3-10(2)21-12/h3-4,7-8H,5-6H2,1-2H3. The third kappa shape index (κ3) is 2.69. The lowest BCUT2D eigenvalue weighted by molar-refractivity contribution is -0.117. The number of fused-ring (bicyclic) bond motifs is 1. The molecule has 108 valence electrons. The van der Waals surface area contributed by atoms with Crippen LogP contribution in [-0.4, -0.2) is 15.3 Å². The fourth-order valence-electron chi connectivity index (χ4n) is 2.17. The molecule has 0 aliphatic carbocycles. The van der Waals surface area contributed by atoms with E-state index < -0.39 is 0 Å². The number of carbonyl (C=O) groups excluding carboxylic acids is 1. The first-order valence-electron chi connectivity index (χ1n) is 6.59. The van der Waals surface area contributed by atoms with E-state index in [1.165, 1.54) is 34.0 Å². The highest BCUT2D eigenvalue weighted by molar-refractivity contribution is 7.19. The van der Waals surface area contributed by atoms with Crippen LogP contribution >= 0.6 is 22.7 Å². The van der Waals surface area contributed by atoms with Crippen LogP contribution in [0.5, 0.6) is 0 Å². The number of hydrogen-bond donors (Lipinski definition) is 0. The minimum atomic E-state index is -0.0662. The van der Waals surface area contributed by atoms with Crippen molar-refractivity contribution in [3.05, 3.63) is 39.1 Å². The minimum Gasteiger partial charge on any atom is -0.300 e. The second-order valence-corrected chi connectivity index (χ2v) is 7.08. The predicted molar refractivity (Wildman–Crippen MR) is 87.2 cm³/mol. The van der Waals surface area contributed by atoms with Crippen LogP contribution in [0.4, 0.5) is 0 Å². The molecule has 0 N–H and O–H groups in total. The van der Waals surface area contributed by atoms with Crippen molar-refractivity contribution >= 4 is 38.7 Å². The Morgan fingerprint density at radius 1 is 1.38 bits per heavy atom. The Hall–Kier alpha value is -1.79. The number of ketones is 1. The first kappa shape index (κ1) is 14.2. The van der Waals surface area contributed by atoms with Crippen LogP contribution in [0.1, 0.15) is 18.2 Å². The van der Waals surface area contributed by atoms with Crippen molar-refractivity contribution in [3.8, 4) is 10.4 Å². The molecule has 3 aromatic heterocycles. The fourth-order valence-corrected chi connectivity index (χ4v) is 4.03. The van der Waals surface area contributed by atoms with E-state index in [2.05, 4.69) is 4.98 Å². The van der Waals surface area contributed by atoms with Crippen molar-refractivity contribution < 1.29 is 4.79 Å². The van der Waals surface area contributed by atoms with E-state index in [0.29, 0.717) is 18.4 Å². The summed E-state index contributed by atoms with van der Waals surface area (Å²) in [5, 5.41) is 2.65. The van der Waals surface area contributed by atoms with E-state index in [1.54, 1.807) is 11.3 Å². The number of hydrogen-bond acceptors (Lipinski definition) is 5. The molecular formula is C15H14N2O2S2. The van der Waals surface area contributed by atoms with E-state index in [-0.39, 0.29) is 11.3 Å². The minimum absolute atomic E-state index is 0.0662. The second-order valence-electron chi connectivity index (χ2n) is 4.93. The zero-order valence-electron chi connectivity index (χ0n) is 11.8. The summed E-state index contributed by atoms with van der Waals surface area (Å²) >= 11 is 3.15. The van der Waals surface area contributed by atoms with Gasteiger partial charge in [0, 0.05) is 33.7 Å². The molecule has 0 aliphatic heterocycles. The number of Topliss-reactive ketones (excluding diaryl/α,β-unsaturated/α-hetero) is 1. The lowest BCUT2D eigenvalue weighted by Crippen LogP contribution is -2.21. The van der Waals surface area contributed by atoms with Crippen LogP contribution in [0.2, 0.25) is 0 Å². The SMILES string of the molecule is CC(=O)CCn1cnc2scc(-c3ccc(C)s3)c2c1=O. The van der Waals surface area contributed by atoms with E-state index in [9.17, 15) is 9.59 Å². The molecule has 0 aromatic carbocycles. The Labute approximate surface area is 129 Å². The summed E-state index contributed by atoms with van der Waals surface area (Å²) in [7, 11) is 0. The van der Waals surface area contributed by atoms with Crippen LogP contribution in [-0.2, 0) is 11.3 Å². The van der Waals surface area contributed by atoms with Gasteiger partial charge in [0.1, 0.15) is 10.6 Å². The molecule has 0 atom stereocenters. The maximum absolute atomic E-state index is 12.6. The van der Waals surface area contributed by atoms with Crippen LogP contribution in [0.15, 0.2) is 28.6 Å². The third-order valence-electron chi connectivity index (χ3n) is 3.27. The summed E-state index contributed by atoms with van der Waals surface area (Å²) in [6.45, 7) is 3.96. The lowest BCUT2D eigenvalue weighted by Gasteiger charge is -2.04. The number of carbonyl (C=O) groups is 1. The Bertz CT molecular complexity index is 873. The highest BCUT2D eigenvalue weighted by atomic mass is 32.1. The van der Waals surface area contributed by atoms with E-state index in [0.717, 1.165) is 15.3 Å². The zero-order chi connectivity index (χ0) is 15.0. The number of aryl methyl sites for hydroxylation is 2. The molecule has 0 radical (unpaired) electrons. The van der Waals surface area contributed by atoms with Gasteiger partial charge in [0.25, 0.3) is 5.56 Å². The molecule has 0 saturated carbocycles. The molecule has 0 amide bonds. The molecule has 3 heterocycles. The molecule has 3 aromatic rings. The van der Waals surface area contributed by atoms with Crippen molar-refractivity contribution in [1.29, 1.82) is 0 Å². The van der Waals surface area contributed by atoms with E-state index >= 15 is 0 Å². The van der Waals surface area contributed by atoms with Gasteiger partial charge >= 0.3 is 0 Å². The maximum Gasteiger partial charge on any atom is 0.262 e. The smallest absolute Gasteiger partial charge is 0.262 e. The number of aromatic nitrogens is 2. The Balaban J connectivity index is 2.13. The van der Waals surface area contributed by atoms with Crippen molar-refractivity contribution in [2.45, 2.75) is 26.8 Å². The third-order valence-corrected chi connectivity index (χ3v) is 5.19. The molecule has 6 heteroatoms. The van der Waals surface area contributed by atoms with Gasteiger partial charge in [-0.3, -0.25) is 14.2 Å². The monoisotopic (exact) mass is 318 g/mol. The summed E-state index contributed by atoms with van der Waals surface area (Å²) in [6.07, 6.45) is 1.89. The number of thiophene rings is 2. The fraction of sp³-hybridized carbons (Fsp3) is 0.267. The summed E-state index contributed by atoms with van der Waals surface area (Å²) in [6, 6.07) is 4.09.